The number of hydrogen-bond donors (Lipinski definition) is 0. The summed E-state index contributed by atoms with van der Waals surface area (Å²) >= 11 is 0. The van der Waals surface area contributed by atoms with Crippen molar-refractivity contribution in [3.63, 3.8) is 0 Å². The molecule has 0 N–H and O–H groups in total. The van der Waals surface area contributed by atoms with E-state index in [9.17, 15) is 14.0 Å². The van der Waals surface area contributed by atoms with Crippen molar-refractivity contribution in [2.24, 2.45) is 0 Å². The Balaban J connectivity index is 1.50. The number of nitrogens with zero attached hydrogens (tertiary/aromatic N) is 2. The molecule has 1 fully saturated rings. The van der Waals surface area contributed by atoms with Gasteiger partial charge in [0.25, 0.3) is 11.8 Å². The maximum Gasteiger partial charge on any atom is 0.260 e. The Morgan fingerprint density at radius 2 is 1.59 bits per heavy atom. The SMILES string of the molecule is CCOc1ccc(OCC(=O)N2CCCN(C(=O)c3cccc(F)c3)CC2)cc1. The van der Waals surface area contributed by atoms with E-state index in [1.807, 2.05) is 6.92 Å². The van der Waals surface area contributed by atoms with Gasteiger partial charge in [-0.3, -0.25) is 9.59 Å². The zero-order valence-corrected chi connectivity index (χ0v) is 16.5. The van der Waals surface area contributed by atoms with Crippen molar-refractivity contribution >= 4 is 11.8 Å². The van der Waals surface area contributed by atoms with Crippen molar-refractivity contribution in [3.8, 4) is 11.5 Å². The third-order valence-corrected chi connectivity index (χ3v) is 4.70. The van der Waals surface area contributed by atoms with Crippen LogP contribution in [0.15, 0.2) is 48.5 Å². The van der Waals surface area contributed by atoms with Gasteiger partial charge in [0.1, 0.15) is 17.3 Å². The summed E-state index contributed by atoms with van der Waals surface area (Å²) in [4.78, 5) is 28.5. The Bertz CT molecular complexity index is 841. The number of halogens is 1. The minimum Gasteiger partial charge on any atom is -0.494 e. The highest BCUT2D eigenvalue weighted by Crippen LogP contribution is 2.18. The molecule has 2 aromatic rings. The third kappa shape index (κ3) is 5.70. The highest BCUT2D eigenvalue weighted by Gasteiger charge is 2.23. The molecule has 7 heteroatoms. The van der Waals surface area contributed by atoms with Gasteiger partial charge in [0, 0.05) is 31.7 Å². The second-order valence-corrected chi connectivity index (χ2v) is 6.73. The van der Waals surface area contributed by atoms with Crippen LogP contribution in [0.25, 0.3) is 0 Å². The first-order valence-electron chi connectivity index (χ1n) is 9.75. The minimum absolute atomic E-state index is 0.0637. The van der Waals surface area contributed by atoms with E-state index in [1.54, 1.807) is 40.1 Å². The maximum atomic E-state index is 13.4. The summed E-state index contributed by atoms with van der Waals surface area (Å²) in [6, 6.07) is 12.8. The average molecular weight is 400 g/mol. The maximum absolute atomic E-state index is 13.4. The summed E-state index contributed by atoms with van der Waals surface area (Å²) in [5, 5.41) is 0. The summed E-state index contributed by atoms with van der Waals surface area (Å²) < 4.78 is 24.3. The fraction of sp³-hybridized carbons (Fsp3) is 0.364. The molecule has 3 rings (SSSR count). The Kier molecular flexibility index (Phi) is 7.05. The monoisotopic (exact) mass is 400 g/mol. The predicted molar refractivity (Wildman–Crippen MR) is 107 cm³/mol. The summed E-state index contributed by atoms with van der Waals surface area (Å²) in [7, 11) is 0. The first-order valence-corrected chi connectivity index (χ1v) is 9.75. The van der Waals surface area contributed by atoms with Crippen molar-refractivity contribution in [1.82, 2.24) is 9.80 Å². The van der Waals surface area contributed by atoms with Crippen LogP contribution in [-0.2, 0) is 4.79 Å². The molecule has 0 atom stereocenters. The second-order valence-electron chi connectivity index (χ2n) is 6.73. The van der Waals surface area contributed by atoms with Gasteiger partial charge in [-0.15, -0.1) is 0 Å². The lowest BCUT2D eigenvalue weighted by atomic mass is 10.2. The molecule has 0 saturated carbocycles. The van der Waals surface area contributed by atoms with Gasteiger partial charge >= 0.3 is 0 Å². The number of carbonyl (C=O) groups excluding carboxylic acids is 2. The molecule has 1 aliphatic heterocycles. The fourth-order valence-electron chi connectivity index (χ4n) is 3.21. The normalized spacial score (nSPS) is 14.3. The highest BCUT2D eigenvalue weighted by molar-refractivity contribution is 5.94. The lowest BCUT2D eigenvalue weighted by Crippen LogP contribution is -2.39. The molecule has 0 radical (unpaired) electrons. The molecule has 2 amide bonds. The van der Waals surface area contributed by atoms with E-state index in [4.69, 9.17) is 9.47 Å². The quantitative estimate of drug-likeness (QED) is 0.748. The highest BCUT2D eigenvalue weighted by atomic mass is 19.1. The van der Waals surface area contributed by atoms with Crippen LogP contribution in [-0.4, -0.2) is 61.0 Å². The van der Waals surface area contributed by atoms with Crippen LogP contribution in [0.5, 0.6) is 11.5 Å². The summed E-state index contributed by atoms with van der Waals surface area (Å²) in [5.41, 5.74) is 0.323. The zero-order valence-electron chi connectivity index (χ0n) is 16.5. The van der Waals surface area contributed by atoms with Crippen LogP contribution < -0.4 is 9.47 Å². The van der Waals surface area contributed by atoms with Crippen LogP contribution in [0.4, 0.5) is 4.39 Å². The number of carbonyl (C=O) groups is 2. The molecular formula is C22H25FN2O4. The lowest BCUT2D eigenvalue weighted by molar-refractivity contribution is -0.133. The van der Waals surface area contributed by atoms with E-state index in [1.165, 1.54) is 18.2 Å². The molecule has 1 saturated heterocycles. The van der Waals surface area contributed by atoms with Crippen LogP contribution in [0.2, 0.25) is 0 Å². The summed E-state index contributed by atoms with van der Waals surface area (Å²) in [5.74, 6) is 0.568. The van der Waals surface area contributed by atoms with Crippen molar-refractivity contribution < 1.29 is 23.5 Å². The van der Waals surface area contributed by atoms with E-state index in [0.29, 0.717) is 50.5 Å². The molecule has 0 unspecified atom stereocenters. The molecule has 0 spiro atoms. The molecule has 1 aliphatic rings. The van der Waals surface area contributed by atoms with Gasteiger partial charge in [-0.2, -0.15) is 0 Å². The van der Waals surface area contributed by atoms with E-state index in [2.05, 4.69) is 0 Å². The zero-order chi connectivity index (χ0) is 20.6. The van der Waals surface area contributed by atoms with Gasteiger partial charge in [0.15, 0.2) is 6.61 Å². The minimum atomic E-state index is -0.436. The predicted octanol–water partition coefficient (Wildman–Crippen LogP) is 2.98. The molecule has 2 aromatic carbocycles. The number of rotatable bonds is 6. The third-order valence-electron chi connectivity index (χ3n) is 4.70. The van der Waals surface area contributed by atoms with Crippen molar-refractivity contribution in [2.45, 2.75) is 13.3 Å². The van der Waals surface area contributed by atoms with Gasteiger partial charge < -0.3 is 19.3 Å². The number of ether oxygens (including phenoxy) is 2. The van der Waals surface area contributed by atoms with Crippen molar-refractivity contribution in [1.29, 1.82) is 0 Å². The molecule has 0 aliphatic carbocycles. The van der Waals surface area contributed by atoms with Gasteiger partial charge in [-0.05, 0) is 55.8 Å². The first-order chi connectivity index (χ1) is 14.1. The van der Waals surface area contributed by atoms with E-state index in [-0.39, 0.29) is 18.4 Å². The van der Waals surface area contributed by atoms with Gasteiger partial charge in [-0.1, -0.05) is 6.07 Å². The lowest BCUT2D eigenvalue weighted by Gasteiger charge is -2.22. The van der Waals surface area contributed by atoms with Crippen molar-refractivity contribution in [2.75, 3.05) is 39.4 Å². The first kappa shape index (κ1) is 20.6. The number of benzene rings is 2. The molecular weight excluding hydrogens is 375 g/mol. The standard InChI is InChI=1S/C22H25FN2O4/c1-2-28-19-7-9-20(10-8-19)29-16-21(26)24-11-4-12-25(14-13-24)22(27)17-5-3-6-18(23)15-17/h3,5-10,15H,2,4,11-14,16H2,1H3. The smallest absolute Gasteiger partial charge is 0.260 e. The van der Waals surface area contributed by atoms with Crippen LogP contribution >= 0.6 is 0 Å². The Morgan fingerprint density at radius 1 is 0.931 bits per heavy atom. The molecule has 154 valence electrons. The molecule has 1 heterocycles. The summed E-state index contributed by atoms with van der Waals surface area (Å²) in [6.45, 7) is 4.35. The van der Waals surface area contributed by atoms with E-state index in [0.717, 1.165) is 5.75 Å². The molecule has 0 bridgehead atoms. The van der Waals surface area contributed by atoms with Crippen LogP contribution in [0, 0.1) is 5.82 Å². The Labute approximate surface area is 169 Å². The summed E-state index contributed by atoms with van der Waals surface area (Å²) in [6.07, 6.45) is 0.663. The van der Waals surface area contributed by atoms with Gasteiger partial charge in [0.2, 0.25) is 0 Å². The largest absolute Gasteiger partial charge is 0.494 e. The Morgan fingerprint density at radius 3 is 2.28 bits per heavy atom. The topological polar surface area (TPSA) is 59.1 Å². The average Bonchev–Trinajstić information content (AvgIpc) is 2.99. The van der Waals surface area contributed by atoms with Gasteiger partial charge in [-0.25, -0.2) is 4.39 Å². The molecule has 0 aromatic heterocycles. The van der Waals surface area contributed by atoms with Crippen LogP contribution in [0.1, 0.15) is 23.7 Å². The van der Waals surface area contributed by atoms with E-state index >= 15 is 0 Å². The van der Waals surface area contributed by atoms with Crippen LogP contribution in [0.3, 0.4) is 0 Å². The Hall–Kier alpha value is -3.09. The molecule has 29 heavy (non-hydrogen) atoms. The van der Waals surface area contributed by atoms with Gasteiger partial charge in [0.05, 0.1) is 6.61 Å². The second kappa shape index (κ2) is 9.91. The molecule has 6 nitrogen and oxygen atoms in total. The number of hydrogen-bond acceptors (Lipinski definition) is 4. The fourth-order valence-corrected chi connectivity index (χ4v) is 3.21. The van der Waals surface area contributed by atoms with E-state index < -0.39 is 5.82 Å². The van der Waals surface area contributed by atoms with Crippen molar-refractivity contribution in [3.05, 3.63) is 59.9 Å². The number of amides is 2.